The molecule has 1 N–H and O–H groups in total. The second-order valence-electron chi connectivity index (χ2n) is 8.79. The highest BCUT2D eigenvalue weighted by Gasteiger charge is 2.22. The number of carbonyl (C=O) groups excluding carboxylic acids is 1. The van der Waals surface area contributed by atoms with Gasteiger partial charge in [-0.2, -0.15) is 0 Å². The Balaban J connectivity index is 1.34. The van der Waals surface area contributed by atoms with Crippen LogP contribution in [0.15, 0.2) is 77.7 Å². The summed E-state index contributed by atoms with van der Waals surface area (Å²) in [5.41, 5.74) is 3.11. The molecule has 3 aromatic rings. The molecule has 0 radical (unpaired) electrons. The molecule has 1 saturated heterocycles. The number of nitrogens with one attached hydrogen (secondary N) is 1. The normalized spacial score (nSPS) is 18.7. The quantitative estimate of drug-likeness (QED) is 0.605. The van der Waals surface area contributed by atoms with Crippen molar-refractivity contribution in [2.75, 3.05) is 13.1 Å². The fourth-order valence-corrected chi connectivity index (χ4v) is 4.33. The van der Waals surface area contributed by atoms with Gasteiger partial charge < -0.3 is 14.6 Å². The number of carbonyl (C=O) groups is 1. The Labute approximate surface area is 194 Å². The molecule has 1 aliphatic heterocycles. The summed E-state index contributed by atoms with van der Waals surface area (Å²) in [5.74, 6) is -0.359. The van der Waals surface area contributed by atoms with Gasteiger partial charge in [0.25, 0.3) is 11.5 Å². The average Bonchev–Trinajstić information content (AvgIpc) is 2.80. The summed E-state index contributed by atoms with van der Waals surface area (Å²) in [6.45, 7) is 7.77. The van der Waals surface area contributed by atoms with E-state index in [1.807, 2.05) is 42.5 Å². The van der Waals surface area contributed by atoms with Crippen LogP contribution >= 0.6 is 0 Å². The van der Waals surface area contributed by atoms with Crippen molar-refractivity contribution in [2.24, 2.45) is 0 Å². The molecular weight excluding hydrogens is 414 g/mol. The third kappa shape index (κ3) is 6.18. The van der Waals surface area contributed by atoms with Crippen LogP contribution in [0.1, 0.15) is 40.9 Å². The van der Waals surface area contributed by atoms with Gasteiger partial charge in [-0.1, -0.05) is 54.6 Å². The van der Waals surface area contributed by atoms with Crippen LogP contribution in [-0.2, 0) is 24.4 Å². The highest BCUT2D eigenvalue weighted by atomic mass is 16.5. The largest absolute Gasteiger partial charge is 0.373 e. The molecule has 1 aliphatic rings. The lowest BCUT2D eigenvalue weighted by Gasteiger charge is -2.35. The molecule has 1 amide bonds. The standard InChI is InChI=1S/C27H31N3O3/c1-20-16-29(17-21(2)33-20)18-24-12-10-22(11-13-24)15-28-26(31)25-9-6-14-30(27(25)32)19-23-7-4-3-5-8-23/h3-14,20-21H,15-19H2,1-2H3,(H,28,31). The number of pyridine rings is 1. The predicted octanol–water partition coefficient (Wildman–Crippen LogP) is 3.44. The molecule has 0 aliphatic carbocycles. The Bertz CT molecular complexity index is 1120. The molecular formula is C27H31N3O3. The van der Waals surface area contributed by atoms with Gasteiger partial charge in [0.15, 0.2) is 0 Å². The molecule has 0 bridgehead atoms. The van der Waals surface area contributed by atoms with Crippen LogP contribution in [0.3, 0.4) is 0 Å². The lowest BCUT2D eigenvalue weighted by Crippen LogP contribution is -2.44. The summed E-state index contributed by atoms with van der Waals surface area (Å²) in [7, 11) is 0. The average molecular weight is 446 g/mol. The molecule has 33 heavy (non-hydrogen) atoms. The van der Waals surface area contributed by atoms with Crippen molar-refractivity contribution < 1.29 is 9.53 Å². The number of hydrogen-bond acceptors (Lipinski definition) is 4. The summed E-state index contributed by atoms with van der Waals surface area (Å²) in [6, 6.07) is 21.3. The topological polar surface area (TPSA) is 63.6 Å². The first-order valence-electron chi connectivity index (χ1n) is 11.4. The maximum Gasteiger partial charge on any atom is 0.263 e. The predicted molar refractivity (Wildman–Crippen MR) is 129 cm³/mol. The molecule has 0 spiro atoms. The number of benzene rings is 2. The van der Waals surface area contributed by atoms with E-state index in [0.717, 1.165) is 30.8 Å². The molecule has 1 fully saturated rings. The molecule has 4 rings (SSSR count). The molecule has 2 heterocycles. The lowest BCUT2D eigenvalue weighted by atomic mass is 10.1. The fraction of sp³-hybridized carbons (Fsp3) is 0.333. The number of hydrogen-bond donors (Lipinski definition) is 1. The fourth-order valence-electron chi connectivity index (χ4n) is 4.33. The second-order valence-corrected chi connectivity index (χ2v) is 8.79. The minimum atomic E-state index is -0.359. The Morgan fingerprint density at radius 3 is 2.21 bits per heavy atom. The van der Waals surface area contributed by atoms with Gasteiger partial charge in [0.1, 0.15) is 5.56 Å². The molecule has 0 saturated carbocycles. The van der Waals surface area contributed by atoms with E-state index in [9.17, 15) is 9.59 Å². The van der Waals surface area contributed by atoms with Crippen molar-refractivity contribution in [1.29, 1.82) is 0 Å². The van der Waals surface area contributed by atoms with E-state index < -0.39 is 0 Å². The van der Waals surface area contributed by atoms with Crippen molar-refractivity contribution in [3.8, 4) is 0 Å². The van der Waals surface area contributed by atoms with Gasteiger partial charge in [0.05, 0.1) is 18.8 Å². The van der Waals surface area contributed by atoms with Crippen LogP contribution in [0.2, 0.25) is 0 Å². The number of aromatic nitrogens is 1. The van der Waals surface area contributed by atoms with Crippen LogP contribution in [0, 0.1) is 0 Å². The summed E-state index contributed by atoms with van der Waals surface area (Å²) in [5, 5.41) is 2.88. The van der Waals surface area contributed by atoms with Crippen LogP contribution < -0.4 is 10.9 Å². The smallest absolute Gasteiger partial charge is 0.263 e. The van der Waals surface area contributed by atoms with E-state index in [-0.39, 0.29) is 29.2 Å². The van der Waals surface area contributed by atoms with Crippen LogP contribution in [0.5, 0.6) is 0 Å². The molecule has 172 valence electrons. The highest BCUT2D eigenvalue weighted by molar-refractivity contribution is 5.93. The first kappa shape index (κ1) is 23.0. The first-order chi connectivity index (χ1) is 16.0. The number of morpholine rings is 1. The molecule has 1 aromatic heterocycles. The molecule has 6 nitrogen and oxygen atoms in total. The third-order valence-electron chi connectivity index (χ3n) is 5.84. The van der Waals surface area contributed by atoms with Crippen LogP contribution in [0.4, 0.5) is 0 Å². The van der Waals surface area contributed by atoms with Crippen molar-refractivity contribution in [3.63, 3.8) is 0 Å². The minimum absolute atomic E-state index is 0.153. The highest BCUT2D eigenvalue weighted by Crippen LogP contribution is 2.15. The zero-order valence-electron chi connectivity index (χ0n) is 19.2. The van der Waals surface area contributed by atoms with Gasteiger partial charge in [-0.3, -0.25) is 14.5 Å². The van der Waals surface area contributed by atoms with E-state index in [0.29, 0.717) is 13.1 Å². The van der Waals surface area contributed by atoms with Crippen molar-refractivity contribution >= 4 is 5.91 Å². The van der Waals surface area contributed by atoms with E-state index in [2.05, 4.69) is 36.2 Å². The SMILES string of the molecule is CC1CN(Cc2ccc(CNC(=O)c3cccn(Cc4ccccc4)c3=O)cc2)CC(C)O1. The summed E-state index contributed by atoms with van der Waals surface area (Å²) < 4.78 is 7.37. The van der Waals surface area contributed by atoms with E-state index >= 15 is 0 Å². The Hall–Kier alpha value is -3.22. The Morgan fingerprint density at radius 2 is 1.52 bits per heavy atom. The summed E-state index contributed by atoms with van der Waals surface area (Å²) >= 11 is 0. The van der Waals surface area contributed by atoms with Gasteiger partial charge in [-0.15, -0.1) is 0 Å². The van der Waals surface area contributed by atoms with E-state index in [4.69, 9.17) is 4.74 Å². The minimum Gasteiger partial charge on any atom is -0.373 e. The van der Waals surface area contributed by atoms with E-state index in [1.165, 1.54) is 5.56 Å². The van der Waals surface area contributed by atoms with Crippen molar-refractivity contribution in [3.05, 3.63) is 106 Å². The molecule has 2 atom stereocenters. The zero-order chi connectivity index (χ0) is 23.2. The number of rotatable bonds is 7. The van der Waals surface area contributed by atoms with E-state index in [1.54, 1.807) is 22.9 Å². The van der Waals surface area contributed by atoms with Gasteiger partial charge >= 0.3 is 0 Å². The second kappa shape index (κ2) is 10.6. The van der Waals surface area contributed by atoms with Gasteiger partial charge in [0, 0.05) is 32.4 Å². The summed E-state index contributed by atoms with van der Waals surface area (Å²) in [6.07, 6.45) is 2.21. The number of amides is 1. The van der Waals surface area contributed by atoms with Gasteiger partial charge in [-0.25, -0.2) is 0 Å². The van der Waals surface area contributed by atoms with Gasteiger partial charge in [0.2, 0.25) is 0 Å². The molecule has 2 aromatic carbocycles. The summed E-state index contributed by atoms with van der Waals surface area (Å²) in [4.78, 5) is 27.9. The molecule has 6 heteroatoms. The first-order valence-corrected chi connectivity index (χ1v) is 11.4. The molecule has 2 unspecified atom stereocenters. The van der Waals surface area contributed by atoms with Crippen LogP contribution in [-0.4, -0.2) is 40.7 Å². The Kier molecular flexibility index (Phi) is 7.37. The van der Waals surface area contributed by atoms with Crippen LogP contribution in [0.25, 0.3) is 0 Å². The number of ether oxygens (including phenoxy) is 1. The van der Waals surface area contributed by atoms with Crippen molar-refractivity contribution in [1.82, 2.24) is 14.8 Å². The zero-order valence-corrected chi connectivity index (χ0v) is 19.2. The Morgan fingerprint density at radius 1 is 0.879 bits per heavy atom. The maximum atomic E-state index is 12.8. The number of nitrogens with zero attached hydrogens (tertiary/aromatic N) is 2. The maximum absolute atomic E-state index is 12.8. The monoisotopic (exact) mass is 445 g/mol. The third-order valence-corrected chi connectivity index (χ3v) is 5.84. The van der Waals surface area contributed by atoms with Gasteiger partial charge in [-0.05, 0) is 42.7 Å². The lowest BCUT2D eigenvalue weighted by molar-refractivity contribution is -0.0704. The van der Waals surface area contributed by atoms with Crippen molar-refractivity contribution in [2.45, 2.75) is 45.7 Å².